The van der Waals surface area contributed by atoms with Crippen molar-refractivity contribution in [1.82, 2.24) is 19.8 Å². The van der Waals surface area contributed by atoms with E-state index in [0.29, 0.717) is 5.41 Å². The van der Waals surface area contributed by atoms with Gasteiger partial charge in [0, 0.05) is 50.0 Å². The molecule has 1 aliphatic rings. The number of nitrogens with one attached hydrogen (secondary N) is 1. The van der Waals surface area contributed by atoms with Gasteiger partial charge in [-0.15, -0.1) is 0 Å². The number of aliphatic imine (C=N–C) groups is 1. The van der Waals surface area contributed by atoms with Crippen LogP contribution < -0.4 is 5.32 Å². The minimum absolute atomic E-state index is 0.109. The van der Waals surface area contributed by atoms with Gasteiger partial charge in [-0.3, -0.25) is 4.99 Å². The van der Waals surface area contributed by atoms with Crippen LogP contribution in [0.5, 0.6) is 0 Å². The predicted octanol–water partition coefficient (Wildman–Crippen LogP) is 3.13. The molecule has 1 aliphatic heterocycles. The van der Waals surface area contributed by atoms with Crippen molar-refractivity contribution in [1.29, 1.82) is 0 Å². The minimum Gasteiger partial charge on any atom is -0.352 e. The van der Waals surface area contributed by atoms with E-state index in [1.165, 1.54) is 11.1 Å². The lowest BCUT2D eigenvalue weighted by Crippen LogP contribution is -2.72. The van der Waals surface area contributed by atoms with E-state index in [9.17, 15) is 0 Å². The summed E-state index contributed by atoms with van der Waals surface area (Å²) in [5.74, 6) is 0.976. The zero-order valence-corrected chi connectivity index (χ0v) is 16.0. The van der Waals surface area contributed by atoms with Crippen LogP contribution in [0, 0.1) is 5.41 Å². The molecule has 5 nitrogen and oxygen atoms in total. The van der Waals surface area contributed by atoms with Gasteiger partial charge in [-0.2, -0.15) is 0 Å². The van der Waals surface area contributed by atoms with E-state index in [1.54, 1.807) is 0 Å². The molecule has 1 aromatic carbocycles. The molecule has 0 radical (unpaired) electrons. The fourth-order valence-corrected chi connectivity index (χ4v) is 3.31. The molecule has 0 spiro atoms. The van der Waals surface area contributed by atoms with Crippen molar-refractivity contribution < 1.29 is 0 Å². The highest BCUT2D eigenvalue weighted by Gasteiger charge is 2.53. The number of imidazole rings is 1. The normalized spacial score (nSPS) is 18.8. The van der Waals surface area contributed by atoms with E-state index >= 15 is 0 Å². The summed E-state index contributed by atoms with van der Waals surface area (Å²) in [5, 5.41) is 3.52. The molecule has 5 heteroatoms. The first-order valence-corrected chi connectivity index (χ1v) is 8.85. The Bertz CT molecular complexity index is 743. The highest BCUT2D eigenvalue weighted by Crippen LogP contribution is 2.46. The van der Waals surface area contributed by atoms with Gasteiger partial charge in [0.2, 0.25) is 0 Å². The summed E-state index contributed by atoms with van der Waals surface area (Å²) in [6.45, 7) is 11.9. The number of hydrogen-bond donors (Lipinski definition) is 1. The van der Waals surface area contributed by atoms with Crippen molar-refractivity contribution in [3.8, 4) is 0 Å². The van der Waals surface area contributed by atoms with Crippen LogP contribution in [0.25, 0.3) is 0 Å². The first-order valence-electron chi connectivity index (χ1n) is 8.85. The van der Waals surface area contributed by atoms with Crippen molar-refractivity contribution in [3.05, 3.63) is 54.1 Å². The Morgan fingerprint density at radius 3 is 2.60 bits per heavy atom. The van der Waals surface area contributed by atoms with Crippen LogP contribution in [-0.4, -0.2) is 39.5 Å². The summed E-state index contributed by atoms with van der Waals surface area (Å²) >= 11 is 0. The maximum absolute atomic E-state index is 4.49. The van der Waals surface area contributed by atoms with E-state index in [4.69, 9.17) is 0 Å². The molecular weight excluding hydrogens is 310 g/mol. The quantitative estimate of drug-likeness (QED) is 0.688. The molecule has 0 unspecified atom stereocenters. The van der Waals surface area contributed by atoms with Crippen molar-refractivity contribution >= 4 is 5.96 Å². The third-order valence-corrected chi connectivity index (χ3v) is 5.72. The van der Waals surface area contributed by atoms with Gasteiger partial charge in [-0.25, -0.2) is 4.98 Å². The van der Waals surface area contributed by atoms with Crippen LogP contribution in [0.4, 0.5) is 0 Å². The van der Waals surface area contributed by atoms with Crippen LogP contribution >= 0.6 is 0 Å². The fourth-order valence-electron chi connectivity index (χ4n) is 3.31. The Morgan fingerprint density at radius 1 is 1.24 bits per heavy atom. The second-order valence-corrected chi connectivity index (χ2v) is 7.98. The van der Waals surface area contributed by atoms with Crippen molar-refractivity contribution in [2.24, 2.45) is 10.4 Å². The summed E-state index contributed by atoms with van der Waals surface area (Å²) < 4.78 is 2.08. The van der Waals surface area contributed by atoms with Crippen LogP contribution in [0.1, 0.15) is 38.8 Å². The Labute approximate surface area is 150 Å². The van der Waals surface area contributed by atoms with Crippen LogP contribution in [0.2, 0.25) is 0 Å². The fraction of sp³-hybridized carbons (Fsp3) is 0.500. The lowest BCUT2D eigenvalue weighted by Gasteiger charge is -2.62. The molecule has 2 heterocycles. The first kappa shape index (κ1) is 17.5. The van der Waals surface area contributed by atoms with Crippen LogP contribution in [-0.2, 0) is 13.1 Å². The molecule has 0 aliphatic carbocycles. The standard InChI is InChI=1S/C20H29N5/c1-19(2)14-25(20(19,3)4)18(21-5)23-12-16-7-6-8-17(11-16)13-24-10-9-22-15-24/h6-11,15H,12-14H2,1-5H3,(H,21,23). The maximum Gasteiger partial charge on any atom is 0.194 e. The van der Waals surface area contributed by atoms with Crippen LogP contribution in [0.15, 0.2) is 48.0 Å². The summed E-state index contributed by atoms with van der Waals surface area (Å²) in [5.41, 5.74) is 2.95. The number of likely N-dealkylation sites (tertiary alicyclic amines) is 1. The molecule has 3 rings (SSSR count). The van der Waals surface area contributed by atoms with Gasteiger partial charge < -0.3 is 14.8 Å². The number of nitrogens with zero attached hydrogens (tertiary/aromatic N) is 4. The Hall–Kier alpha value is -2.30. The first-order chi connectivity index (χ1) is 11.8. The topological polar surface area (TPSA) is 45.5 Å². The lowest BCUT2D eigenvalue weighted by atomic mass is 9.65. The number of benzene rings is 1. The molecular formula is C20H29N5. The summed E-state index contributed by atoms with van der Waals surface area (Å²) in [6, 6.07) is 8.66. The molecule has 1 saturated heterocycles. The van der Waals surface area contributed by atoms with E-state index in [2.05, 4.69) is 76.7 Å². The zero-order chi connectivity index (χ0) is 18.1. The number of rotatable bonds is 4. The number of guanidine groups is 1. The van der Waals surface area contributed by atoms with Gasteiger partial charge in [-0.05, 0) is 25.0 Å². The third kappa shape index (κ3) is 3.41. The summed E-state index contributed by atoms with van der Waals surface area (Å²) in [6.07, 6.45) is 5.65. The zero-order valence-electron chi connectivity index (χ0n) is 16.0. The van der Waals surface area contributed by atoms with Crippen LogP contribution in [0.3, 0.4) is 0 Å². The highest BCUT2D eigenvalue weighted by molar-refractivity contribution is 5.82. The summed E-state index contributed by atoms with van der Waals surface area (Å²) in [4.78, 5) is 11.0. The molecule has 1 aromatic heterocycles. The molecule has 0 amide bonds. The molecule has 0 bridgehead atoms. The molecule has 1 N–H and O–H groups in total. The van der Waals surface area contributed by atoms with Gasteiger partial charge in [0.05, 0.1) is 6.33 Å². The van der Waals surface area contributed by atoms with Gasteiger partial charge in [0.15, 0.2) is 5.96 Å². The van der Waals surface area contributed by atoms with E-state index in [-0.39, 0.29) is 5.54 Å². The second-order valence-electron chi connectivity index (χ2n) is 7.98. The maximum atomic E-state index is 4.49. The van der Waals surface area contributed by atoms with Crippen molar-refractivity contribution in [3.63, 3.8) is 0 Å². The van der Waals surface area contributed by atoms with Gasteiger partial charge in [-0.1, -0.05) is 38.1 Å². The molecule has 2 aromatic rings. The lowest BCUT2D eigenvalue weighted by molar-refractivity contribution is -0.0667. The largest absolute Gasteiger partial charge is 0.352 e. The highest BCUT2D eigenvalue weighted by atomic mass is 15.4. The van der Waals surface area contributed by atoms with Gasteiger partial charge in [0.25, 0.3) is 0 Å². The molecule has 1 fully saturated rings. The van der Waals surface area contributed by atoms with Gasteiger partial charge in [0.1, 0.15) is 0 Å². The Kier molecular flexibility index (Phi) is 4.58. The van der Waals surface area contributed by atoms with Crippen molar-refractivity contribution in [2.75, 3.05) is 13.6 Å². The van der Waals surface area contributed by atoms with Crippen molar-refractivity contribution in [2.45, 2.75) is 46.3 Å². The molecule has 25 heavy (non-hydrogen) atoms. The molecule has 134 valence electrons. The second kappa shape index (κ2) is 6.54. The van der Waals surface area contributed by atoms with E-state index < -0.39 is 0 Å². The number of hydrogen-bond acceptors (Lipinski definition) is 2. The Balaban J connectivity index is 1.63. The predicted molar refractivity (Wildman–Crippen MR) is 103 cm³/mol. The third-order valence-electron chi connectivity index (χ3n) is 5.72. The monoisotopic (exact) mass is 339 g/mol. The number of aromatic nitrogens is 2. The Morgan fingerprint density at radius 2 is 2.00 bits per heavy atom. The minimum atomic E-state index is 0.109. The molecule has 0 saturated carbocycles. The SMILES string of the molecule is CN=C(NCc1cccc(Cn2ccnc2)c1)N1CC(C)(C)C1(C)C. The average molecular weight is 339 g/mol. The smallest absolute Gasteiger partial charge is 0.194 e. The summed E-state index contributed by atoms with van der Waals surface area (Å²) in [7, 11) is 1.86. The molecule has 0 atom stereocenters. The van der Waals surface area contributed by atoms with E-state index in [0.717, 1.165) is 25.6 Å². The van der Waals surface area contributed by atoms with Gasteiger partial charge >= 0.3 is 0 Å². The van der Waals surface area contributed by atoms with E-state index in [1.807, 2.05) is 25.8 Å². The average Bonchev–Trinajstić information content (AvgIpc) is 3.07.